The Balaban J connectivity index is 2.13. The maximum atomic E-state index is 9.34. The molecule has 0 N–H and O–H groups in total. The summed E-state index contributed by atoms with van der Waals surface area (Å²) in [5, 5.41) is 10.4. The highest BCUT2D eigenvalue weighted by Gasteiger charge is 2.31. The van der Waals surface area contributed by atoms with E-state index in [0.717, 1.165) is 11.3 Å². The van der Waals surface area contributed by atoms with Gasteiger partial charge in [-0.3, -0.25) is 0 Å². The van der Waals surface area contributed by atoms with Gasteiger partial charge in [-0.05, 0) is 29.0 Å². The Morgan fingerprint density at radius 1 is 1.32 bits per heavy atom. The standard InChI is InChI=1S/C16H14ClNS/c1-10-11-6-7-15(17)13(8-18)14(11)9-19-16-5-3-2-4-12(10)16/h2-7,10,12,16H,9H2,1H3. The van der Waals surface area contributed by atoms with Gasteiger partial charge in [0.1, 0.15) is 6.07 Å². The molecule has 3 heteroatoms. The number of benzene rings is 1. The molecule has 0 saturated carbocycles. The summed E-state index contributed by atoms with van der Waals surface area (Å²) in [6.45, 7) is 2.25. The van der Waals surface area contributed by atoms with Crippen LogP contribution in [0.25, 0.3) is 0 Å². The molecule has 0 fully saturated rings. The van der Waals surface area contributed by atoms with Gasteiger partial charge >= 0.3 is 0 Å². The maximum Gasteiger partial charge on any atom is 0.101 e. The summed E-state index contributed by atoms with van der Waals surface area (Å²) in [5.74, 6) is 1.78. The molecule has 0 radical (unpaired) electrons. The summed E-state index contributed by atoms with van der Waals surface area (Å²) in [7, 11) is 0. The Morgan fingerprint density at radius 2 is 2.11 bits per heavy atom. The second kappa shape index (κ2) is 5.07. The van der Waals surface area contributed by atoms with Crippen LogP contribution in [0.1, 0.15) is 29.5 Å². The van der Waals surface area contributed by atoms with E-state index in [2.05, 4.69) is 43.4 Å². The lowest BCUT2D eigenvalue weighted by molar-refractivity contribution is 0.557. The summed E-state index contributed by atoms with van der Waals surface area (Å²) < 4.78 is 0. The van der Waals surface area contributed by atoms with Crippen molar-refractivity contribution < 1.29 is 0 Å². The van der Waals surface area contributed by atoms with Crippen LogP contribution in [0, 0.1) is 17.2 Å². The predicted octanol–water partition coefficient (Wildman–Crippen LogP) is 4.67. The molecular formula is C16H14ClNS. The first kappa shape index (κ1) is 12.8. The van der Waals surface area contributed by atoms with Crippen molar-refractivity contribution in [3.05, 3.63) is 58.1 Å². The SMILES string of the molecule is CC1c2ccc(Cl)c(C#N)c2CSC2C=CC=CC21. The molecule has 0 saturated heterocycles. The summed E-state index contributed by atoms with van der Waals surface area (Å²) in [6, 6.07) is 6.23. The number of thioether (sulfide) groups is 1. The normalized spacial score (nSPS) is 28.2. The summed E-state index contributed by atoms with van der Waals surface area (Å²) in [6.07, 6.45) is 8.81. The fourth-order valence-electron chi connectivity index (χ4n) is 2.95. The monoisotopic (exact) mass is 287 g/mol. The van der Waals surface area contributed by atoms with Gasteiger partial charge in [-0.1, -0.05) is 48.9 Å². The lowest BCUT2D eigenvalue weighted by atomic mass is 9.81. The van der Waals surface area contributed by atoms with Gasteiger partial charge in [0, 0.05) is 11.0 Å². The van der Waals surface area contributed by atoms with E-state index in [9.17, 15) is 5.26 Å². The molecule has 3 rings (SSSR count). The Labute approximate surface area is 123 Å². The van der Waals surface area contributed by atoms with Crippen LogP contribution in [0.4, 0.5) is 0 Å². The minimum atomic E-state index is 0.417. The van der Waals surface area contributed by atoms with E-state index >= 15 is 0 Å². The highest BCUT2D eigenvalue weighted by Crippen LogP contribution is 2.44. The van der Waals surface area contributed by atoms with Gasteiger partial charge in [-0.25, -0.2) is 0 Å². The molecule has 0 bridgehead atoms. The molecule has 3 unspecified atom stereocenters. The van der Waals surface area contributed by atoms with Crippen LogP contribution in [-0.2, 0) is 5.75 Å². The first-order valence-electron chi connectivity index (χ1n) is 6.40. The van der Waals surface area contributed by atoms with E-state index in [-0.39, 0.29) is 0 Å². The first-order valence-corrected chi connectivity index (χ1v) is 7.83. The molecule has 0 amide bonds. The molecule has 2 aliphatic rings. The van der Waals surface area contributed by atoms with E-state index in [1.54, 1.807) is 0 Å². The summed E-state index contributed by atoms with van der Waals surface area (Å²) >= 11 is 8.06. The smallest absolute Gasteiger partial charge is 0.101 e. The number of fused-ring (bicyclic) bond motifs is 2. The second-order valence-electron chi connectivity index (χ2n) is 5.01. The van der Waals surface area contributed by atoms with E-state index in [4.69, 9.17) is 11.6 Å². The average molecular weight is 288 g/mol. The summed E-state index contributed by atoms with van der Waals surface area (Å²) in [4.78, 5) is 0. The van der Waals surface area contributed by atoms with Crippen molar-refractivity contribution in [2.75, 3.05) is 0 Å². The molecule has 1 heterocycles. The number of hydrogen-bond donors (Lipinski definition) is 0. The van der Waals surface area contributed by atoms with Crippen molar-refractivity contribution >= 4 is 23.4 Å². The first-order chi connectivity index (χ1) is 9.22. The van der Waals surface area contributed by atoms with E-state index in [0.29, 0.717) is 27.7 Å². The van der Waals surface area contributed by atoms with Crippen molar-refractivity contribution in [1.82, 2.24) is 0 Å². The van der Waals surface area contributed by atoms with Crippen LogP contribution in [-0.4, -0.2) is 5.25 Å². The van der Waals surface area contributed by atoms with Crippen molar-refractivity contribution in [3.63, 3.8) is 0 Å². The van der Waals surface area contributed by atoms with E-state index in [1.807, 2.05) is 17.8 Å². The van der Waals surface area contributed by atoms with Crippen molar-refractivity contribution in [3.8, 4) is 6.07 Å². The van der Waals surface area contributed by atoms with Crippen molar-refractivity contribution in [1.29, 1.82) is 5.26 Å². The van der Waals surface area contributed by atoms with E-state index in [1.165, 1.54) is 5.56 Å². The molecule has 0 aromatic heterocycles. The van der Waals surface area contributed by atoms with Crippen LogP contribution in [0.2, 0.25) is 5.02 Å². The molecule has 1 aromatic carbocycles. The lowest BCUT2D eigenvalue weighted by Gasteiger charge is -2.26. The number of halogens is 1. The number of nitriles is 1. The zero-order valence-corrected chi connectivity index (χ0v) is 12.2. The number of allylic oxidation sites excluding steroid dienone is 3. The van der Waals surface area contributed by atoms with Crippen molar-refractivity contribution in [2.24, 2.45) is 5.92 Å². The highest BCUT2D eigenvalue weighted by atomic mass is 35.5. The average Bonchev–Trinajstić information content (AvgIpc) is 2.57. The van der Waals surface area contributed by atoms with Crippen LogP contribution < -0.4 is 0 Å². The Kier molecular flexibility index (Phi) is 3.43. The molecule has 1 aliphatic heterocycles. The molecular weight excluding hydrogens is 274 g/mol. The van der Waals surface area contributed by atoms with Gasteiger partial charge in [0.2, 0.25) is 0 Å². The van der Waals surface area contributed by atoms with Gasteiger partial charge in [0.05, 0.1) is 10.6 Å². The Morgan fingerprint density at radius 3 is 2.89 bits per heavy atom. The third kappa shape index (κ3) is 2.12. The van der Waals surface area contributed by atoms with Gasteiger partial charge in [-0.15, -0.1) is 11.8 Å². The largest absolute Gasteiger partial charge is 0.192 e. The molecule has 96 valence electrons. The molecule has 3 atom stereocenters. The lowest BCUT2D eigenvalue weighted by Crippen LogP contribution is -2.19. The van der Waals surface area contributed by atoms with Crippen molar-refractivity contribution in [2.45, 2.75) is 23.8 Å². The highest BCUT2D eigenvalue weighted by molar-refractivity contribution is 7.99. The van der Waals surface area contributed by atoms with Crippen LogP contribution in [0.15, 0.2) is 36.4 Å². The topological polar surface area (TPSA) is 23.8 Å². The van der Waals surface area contributed by atoms with Crippen LogP contribution in [0.5, 0.6) is 0 Å². The van der Waals surface area contributed by atoms with Crippen LogP contribution in [0.3, 0.4) is 0 Å². The second-order valence-corrected chi connectivity index (χ2v) is 6.59. The van der Waals surface area contributed by atoms with Gasteiger partial charge in [0.25, 0.3) is 0 Å². The maximum absolute atomic E-state index is 9.34. The fraction of sp³-hybridized carbons (Fsp3) is 0.312. The quantitative estimate of drug-likeness (QED) is 0.692. The molecule has 19 heavy (non-hydrogen) atoms. The zero-order valence-electron chi connectivity index (χ0n) is 10.6. The molecule has 1 nitrogen and oxygen atoms in total. The number of rotatable bonds is 0. The van der Waals surface area contributed by atoms with Gasteiger partial charge in [-0.2, -0.15) is 5.26 Å². The number of nitrogens with zero attached hydrogens (tertiary/aromatic N) is 1. The molecule has 1 aromatic rings. The fourth-order valence-corrected chi connectivity index (χ4v) is 4.59. The van der Waals surface area contributed by atoms with Gasteiger partial charge in [0.15, 0.2) is 0 Å². The third-order valence-corrected chi connectivity index (χ3v) is 5.65. The Bertz CT molecular complexity index is 612. The zero-order chi connectivity index (χ0) is 13.4. The number of hydrogen-bond acceptors (Lipinski definition) is 2. The summed E-state index contributed by atoms with van der Waals surface area (Å²) in [5.41, 5.74) is 3.06. The molecule has 1 aliphatic carbocycles. The molecule has 0 spiro atoms. The van der Waals surface area contributed by atoms with Gasteiger partial charge < -0.3 is 0 Å². The minimum Gasteiger partial charge on any atom is -0.192 e. The van der Waals surface area contributed by atoms with E-state index < -0.39 is 0 Å². The Hall–Kier alpha value is -1.17. The third-order valence-electron chi connectivity index (χ3n) is 4.02. The predicted molar refractivity (Wildman–Crippen MR) is 81.4 cm³/mol. The van der Waals surface area contributed by atoms with Crippen LogP contribution >= 0.6 is 23.4 Å². The minimum absolute atomic E-state index is 0.417.